The molecule has 0 atom stereocenters. The number of hydrogen-bond acceptors (Lipinski definition) is 4. The summed E-state index contributed by atoms with van der Waals surface area (Å²) < 4.78 is 9.51. The van der Waals surface area contributed by atoms with Gasteiger partial charge in [0.05, 0.1) is 14.2 Å². The highest BCUT2D eigenvalue weighted by atomic mass is 28.3. The highest BCUT2D eigenvalue weighted by molar-refractivity contribution is 6.76. The summed E-state index contributed by atoms with van der Waals surface area (Å²) in [5.41, 5.74) is -0.648. The molecule has 0 aliphatic rings. The summed E-state index contributed by atoms with van der Waals surface area (Å²) in [5.74, 6) is 1.04. The van der Waals surface area contributed by atoms with Gasteiger partial charge in [0.1, 0.15) is 0 Å². The van der Waals surface area contributed by atoms with Crippen LogP contribution in [-0.4, -0.2) is 34.2 Å². The van der Waals surface area contributed by atoms with Gasteiger partial charge in [0.2, 0.25) is 0 Å². The fraction of sp³-hybridized carbons (Fsp3) is 0.600. The van der Waals surface area contributed by atoms with Gasteiger partial charge < -0.3 is 9.47 Å². The molecule has 0 rings (SSSR count). The minimum Gasteiger partial charge on any atom is -0.468 e. The summed E-state index contributed by atoms with van der Waals surface area (Å²) in [6, 6.07) is 0.813. The molecular formula is C15H24O4Si. The molecule has 5 heteroatoms. The lowest BCUT2D eigenvalue weighted by Crippen LogP contribution is -2.41. The van der Waals surface area contributed by atoms with Crippen molar-refractivity contribution in [2.24, 2.45) is 5.41 Å². The van der Waals surface area contributed by atoms with E-state index in [9.17, 15) is 9.59 Å². The van der Waals surface area contributed by atoms with Gasteiger partial charge in [0.25, 0.3) is 0 Å². The van der Waals surface area contributed by atoms with E-state index in [1.54, 1.807) is 0 Å². The fourth-order valence-electron chi connectivity index (χ4n) is 2.24. The minimum atomic E-state index is -1.48. The monoisotopic (exact) mass is 296 g/mol. The maximum atomic E-state index is 12.1. The van der Waals surface area contributed by atoms with Gasteiger partial charge in [-0.1, -0.05) is 25.2 Å². The Morgan fingerprint density at radius 1 is 1.20 bits per heavy atom. The van der Waals surface area contributed by atoms with E-state index in [2.05, 4.69) is 32.1 Å². The predicted molar refractivity (Wildman–Crippen MR) is 81.8 cm³/mol. The highest BCUT2D eigenvalue weighted by Crippen LogP contribution is 2.35. The van der Waals surface area contributed by atoms with Gasteiger partial charge in [0, 0.05) is 14.5 Å². The maximum absolute atomic E-state index is 12.1. The number of esters is 2. The van der Waals surface area contributed by atoms with Crippen molar-refractivity contribution < 1.29 is 19.1 Å². The topological polar surface area (TPSA) is 52.6 Å². The first kappa shape index (κ1) is 18.5. The minimum absolute atomic E-state index is 0.0585. The summed E-state index contributed by atoms with van der Waals surface area (Å²) in [6.07, 6.45) is 5.43. The Bertz CT molecular complexity index is 410. The van der Waals surface area contributed by atoms with Crippen molar-refractivity contribution in [3.8, 4) is 12.3 Å². The molecule has 0 fully saturated rings. The number of hydrogen-bond donors (Lipinski definition) is 0. The largest absolute Gasteiger partial charge is 0.468 e. The molecular weight excluding hydrogens is 272 g/mol. The molecule has 20 heavy (non-hydrogen) atoms. The molecule has 4 nitrogen and oxygen atoms in total. The van der Waals surface area contributed by atoms with Crippen LogP contribution in [0.25, 0.3) is 0 Å². The van der Waals surface area contributed by atoms with E-state index < -0.39 is 25.4 Å². The van der Waals surface area contributed by atoms with E-state index in [0.717, 1.165) is 11.6 Å². The quantitative estimate of drug-likeness (QED) is 0.238. The zero-order chi connectivity index (χ0) is 16.0. The lowest BCUT2D eigenvalue weighted by molar-refractivity contribution is -0.168. The highest BCUT2D eigenvalue weighted by Gasteiger charge is 2.48. The molecule has 0 aliphatic heterocycles. The Kier molecular flexibility index (Phi) is 6.73. The first-order valence-corrected chi connectivity index (χ1v) is 10.1. The van der Waals surface area contributed by atoms with E-state index in [4.69, 9.17) is 15.9 Å². The molecule has 0 spiro atoms. The van der Waals surface area contributed by atoms with Crippen LogP contribution in [0.2, 0.25) is 25.7 Å². The summed E-state index contributed by atoms with van der Waals surface area (Å²) >= 11 is 0. The average molecular weight is 296 g/mol. The van der Waals surface area contributed by atoms with E-state index in [0.29, 0.717) is 0 Å². The number of rotatable bonds is 7. The van der Waals surface area contributed by atoms with Crippen LogP contribution < -0.4 is 0 Å². The predicted octanol–water partition coefficient (Wildman–Crippen LogP) is 2.63. The average Bonchev–Trinajstić information content (AvgIpc) is 2.33. The van der Waals surface area contributed by atoms with E-state index >= 15 is 0 Å². The number of methoxy groups -OCH3 is 2. The van der Waals surface area contributed by atoms with E-state index in [1.807, 2.05) is 0 Å². The van der Waals surface area contributed by atoms with Crippen molar-refractivity contribution >= 4 is 20.0 Å². The van der Waals surface area contributed by atoms with Crippen molar-refractivity contribution in [2.75, 3.05) is 14.2 Å². The molecule has 0 bridgehead atoms. The van der Waals surface area contributed by atoms with Crippen LogP contribution in [0.1, 0.15) is 12.8 Å². The summed E-state index contributed by atoms with van der Waals surface area (Å²) in [7, 11) is 1.08. The van der Waals surface area contributed by atoms with Crippen molar-refractivity contribution in [3.63, 3.8) is 0 Å². The van der Waals surface area contributed by atoms with Gasteiger partial charge >= 0.3 is 11.9 Å². The lowest BCUT2D eigenvalue weighted by atomic mass is 9.79. The molecule has 112 valence electrons. The maximum Gasteiger partial charge on any atom is 0.324 e. The molecule has 0 saturated carbocycles. The SMILES string of the molecule is C#CCC(CC(=C)C[Si](C)(C)C)(C(=O)OC)C(=O)OC. The summed E-state index contributed by atoms with van der Waals surface area (Å²) in [4.78, 5) is 24.2. The second-order valence-electron chi connectivity index (χ2n) is 6.11. The molecule has 0 amide bonds. The third kappa shape index (κ3) is 4.86. The Morgan fingerprint density at radius 2 is 1.65 bits per heavy atom. The van der Waals surface area contributed by atoms with Crippen LogP contribution in [0.4, 0.5) is 0 Å². The normalized spacial score (nSPS) is 11.4. The van der Waals surface area contributed by atoms with Crippen LogP contribution in [-0.2, 0) is 19.1 Å². The van der Waals surface area contributed by atoms with Gasteiger partial charge in [-0.25, -0.2) is 0 Å². The third-order valence-corrected chi connectivity index (χ3v) is 4.45. The van der Waals surface area contributed by atoms with Crippen molar-refractivity contribution in [1.29, 1.82) is 0 Å². The van der Waals surface area contributed by atoms with Gasteiger partial charge in [-0.05, 0) is 12.5 Å². The summed E-state index contributed by atoms with van der Waals surface area (Å²) in [5, 5.41) is 0. The van der Waals surface area contributed by atoms with Gasteiger partial charge in [-0.2, -0.15) is 0 Å². The van der Waals surface area contributed by atoms with Crippen LogP contribution >= 0.6 is 0 Å². The zero-order valence-electron chi connectivity index (χ0n) is 13.0. The number of ether oxygens (including phenoxy) is 2. The molecule has 0 N–H and O–H groups in total. The molecule has 0 heterocycles. The van der Waals surface area contributed by atoms with Gasteiger partial charge in [-0.15, -0.1) is 18.9 Å². The first-order valence-electron chi connectivity index (χ1n) is 6.40. The van der Waals surface area contributed by atoms with Crippen LogP contribution in [0, 0.1) is 17.8 Å². The number of allylic oxidation sites excluding steroid dienone is 1. The second-order valence-corrected chi connectivity index (χ2v) is 11.6. The molecule has 0 aromatic carbocycles. The third-order valence-electron chi connectivity index (χ3n) is 2.89. The molecule has 0 aliphatic carbocycles. The lowest BCUT2D eigenvalue weighted by Gasteiger charge is -2.28. The van der Waals surface area contributed by atoms with Crippen LogP contribution in [0.15, 0.2) is 12.2 Å². The van der Waals surface area contributed by atoms with Gasteiger partial charge in [-0.3, -0.25) is 9.59 Å². The van der Waals surface area contributed by atoms with Crippen LogP contribution in [0.5, 0.6) is 0 Å². The molecule has 0 unspecified atom stereocenters. The number of carbonyl (C=O) groups is 2. The van der Waals surface area contributed by atoms with Crippen molar-refractivity contribution in [3.05, 3.63) is 12.2 Å². The zero-order valence-corrected chi connectivity index (χ0v) is 14.0. The molecule has 0 saturated heterocycles. The van der Waals surface area contributed by atoms with E-state index in [-0.39, 0.29) is 12.8 Å². The first-order chi connectivity index (χ1) is 9.12. The number of carbonyl (C=O) groups excluding carboxylic acids is 2. The fourth-order valence-corrected chi connectivity index (χ4v) is 3.86. The molecule has 0 aromatic rings. The van der Waals surface area contributed by atoms with Crippen molar-refractivity contribution in [1.82, 2.24) is 0 Å². The Hall–Kier alpha value is -1.54. The Balaban J connectivity index is 5.42. The van der Waals surface area contributed by atoms with Crippen molar-refractivity contribution in [2.45, 2.75) is 38.5 Å². The number of terminal acetylenes is 1. The summed E-state index contributed by atoms with van der Waals surface area (Å²) in [6.45, 7) is 10.6. The molecule has 0 aromatic heterocycles. The standard InChI is InChI=1S/C15H24O4Si/c1-8-9-15(13(16)18-3,14(17)19-4)10-12(2)11-20(5,6)7/h1H,2,9-11H2,3-7H3. The Labute approximate surface area is 122 Å². The molecule has 0 radical (unpaired) electrons. The smallest absolute Gasteiger partial charge is 0.324 e. The second kappa shape index (κ2) is 7.30. The van der Waals surface area contributed by atoms with Gasteiger partial charge in [0.15, 0.2) is 5.41 Å². The van der Waals surface area contributed by atoms with E-state index in [1.165, 1.54) is 14.2 Å². The van der Waals surface area contributed by atoms with Crippen LogP contribution in [0.3, 0.4) is 0 Å². The Morgan fingerprint density at radius 3 is 1.95 bits per heavy atom.